The minimum Gasteiger partial charge on any atom is -0.489 e. The van der Waals surface area contributed by atoms with Crippen LogP contribution < -0.4 is 10.1 Å². The lowest BCUT2D eigenvalue weighted by atomic mass is 9.96. The van der Waals surface area contributed by atoms with Gasteiger partial charge in [-0.05, 0) is 42.5 Å². The number of allylic oxidation sites excluding steroid dienone is 1. The molecule has 182 valence electrons. The molecule has 1 aromatic heterocycles. The lowest BCUT2D eigenvalue weighted by molar-refractivity contribution is -0.138. The normalized spacial score (nSPS) is 14.8. The number of rotatable bonds is 9. The van der Waals surface area contributed by atoms with Gasteiger partial charge in [-0.15, -0.1) is 5.10 Å². The first-order chi connectivity index (χ1) is 16.9. The van der Waals surface area contributed by atoms with Crippen LogP contribution >= 0.6 is 23.4 Å². The minimum atomic E-state index is -0.558. The maximum absolute atomic E-state index is 14.1. The summed E-state index contributed by atoms with van der Waals surface area (Å²) in [6, 6.07) is 11.1. The van der Waals surface area contributed by atoms with Crippen LogP contribution in [0.3, 0.4) is 0 Å². The lowest BCUT2D eigenvalue weighted by Crippen LogP contribution is -2.29. The van der Waals surface area contributed by atoms with E-state index in [2.05, 4.69) is 22.0 Å². The first-order valence-corrected chi connectivity index (χ1v) is 12.3. The molecular formula is C25H24ClFN4O3S. The number of halogens is 2. The first-order valence-electron chi connectivity index (χ1n) is 10.9. The fourth-order valence-electron chi connectivity index (χ4n) is 3.68. The molecule has 7 nitrogen and oxygen atoms in total. The molecule has 1 unspecified atom stereocenters. The van der Waals surface area contributed by atoms with Crippen LogP contribution in [0.4, 0.5) is 10.3 Å². The summed E-state index contributed by atoms with van der Waals surface area (Å²) in [5.41, 5.74) is 2.12. The Balaban J connectivity index is 1.64. The van der Waals surface area contributed by atoms with Crippen molar-refractivity contribution >= 4 is 35.3 Å². The topological polar surface area (TPSA) is 78.3 Å². The quantitative estimate of drug-likeness (QED) is 0.220. The number of esters is 1. The van der Waals surface area contributed by atoms with Crippen LogP contribution in [0, 0.1) is 5.82 Å². The molecule has 2 heterocycles. The van der Waals surface area contributed by atoms with Gasteiger partial charge in [0.05, 0.1) is 10.6 Å². The Morgan fingerprint density at radius 1 is 1.31 bits per heavy atom. The number of nitrogens with zero attached hydrogens (tertiary/aromatic N) is 3. The minimum absolute atomic E-state index is 0.0127. The highest BCUT2D eigenvalue weighted by Gasteiger charge is 2.35. The molecule has 0 bridgehead atoms. The Bertz CT molecular complexity index is 1260. The SMILES string of the molecule is C=CCOC(=O)C1=C(C)Nc2nc(SCC)nn2C1c1ccc(OCc2c(F)cccc2Cl)cc1. The molecule has 1 N–H and O–H groups in total. The molecule has 0 radical (unpaired) electrons. The van der Waals surface area contributed by atoms with E-state index in [1.165, 1.54) is 23.9 Å². The van der Waals surface area contributed by atoms with Crippen LogP contribution in [0.1, 0.15) is 31.0 Å². The second-order valence-corrected chi connectivity index (χ2v) is 9.25. The maximum atomic E-state index is 14.1. The van der Waals surface area contributed by atoms with Gasteiger partial charge in [0, 0.05) is 11.3 Å². The number of aromatic nitrogens is 3. The van der Waals surface area contributed by atoms with Gasteiger partial charge in [0.2, 0.25) is 11.1 Å². The van der Waals surface area contributed by atoms with Gasteiger partial charge in [-0.3, -0.25) is 0 Å². The Morgan fingerprint density at radius 3 is 2.77 bits per heavy atom. The molecule has 35 heavy (non-hydrogen) atoms. The summed E-state index contributed by atoms with van der Waals surface area (Å²) >= 11 is 7.60. The van der Waals surface area contributed by atoms with Crippen LogP contribution in [0.15, 0.2) is 71.5 Å². The molecule has 4 rings (SSSR count). The van der Waals surface area contributed by atoms with E-state index in [0.29, 0.717) is 33.1 Å². The molecular weight excluding hydrogens is 491 g/mol. The number of carbonyl (C=O) groups is 1. The van der Waals surface area contributed by atoms with E-state index in [0.717, 1.165) is 11.3 Å². The second kappa shape index (κ2) is 11.0. The molecule has 1 atom stereocenters. The van der Waals surface area contributed by atoms with Gasteiger partial charge < -0.3 is 14.8 Å². The van der Waals surface area contributed by atoms with E-state index >= 15 is 0 Å². The number of hydrogen-bond acceptors (Lipinski definition) is 7. The van der Waals surface area contributed by atoms with Crippen molar-refractivity contribution in [2.75, 3.05) is 17.7 Å². The highest BCUT2D eigenvalue weighted by atomic mass is 35.5. The number of ether oxygens (including phenoxy) is 2. The zero-order valence-corrected chi connectivity index (χ0v) is 20.8. The number of fused-ring (bicyclic) bond motifs is 1. The third-order valence-corrected chi connectivity index (χ3v) is 6.37. The van der Waals surface area contributed by atoms with Crippen molar-refractivity contribution in [3.8, 4) is 5.75 Å². The Hall–Kier alpha value is -3.30. The van der Waals surface area contributed by atoms with Crippen LogP contribution in [0.2, 0.25) is 5.02 Å². The number of carbonyl (C=O) groups excluding carboxylic acids is 1. The van der Waals surface area contributed by atoms with E-state index in [-0.39, 0.29) is 18.8 Å². The summed E-state index contributed by atoms with van der Waals surface area (Å²) < 4.78 is 26.9. The fourth-order valence-corrected chi connectivity index (χ4v) is 4.45. The Labute approximate surface area is 212 Å². The average Bonchev–Trinajstić information content (AvgIpc) is 3.24. The van der Waals surface area contributed by atoms with Gasteiger partial charge in [-0.1, -0.05) is 61.1 Å². The summed E-state index contributed by atoms with van der Waals surface area (Å²) in [4.78, 5) is 17.5. The molecule has 0 fully saturated rings. The van der Waals surface area contributed by atoms with Crippen LogP contribution in [0.5, 0.6) is 5.75 Å². The monoisotopic (exact) mass is 514 g/mol. The molecule has 0 aliphatic carbocycles. The van der Waals surface area contributed by atoms with Crippen molar-refractivity contribution in [3.05, 3.63) is 88.4 Å². The highest BCUT2D eigenvalue weighted by Crippen LogP contribution is 2.37. The molecule has 10 heteroatoms. The van der Waals surface area contributed by atoms with Crippen molar-refractivity contribution in [3.63, 3.8) is 0 Å². The second-order valence-electron chi connectivity index (χ2n) is 7.61. The molecule has 0 saturated carbocycles. The maximum Gasteiger partial charge on any atom is 0.338 e. The Morgan fingerprint density at radius 2 is 2.09 bits per heavy atom. The summed E-state index contributed by atoms with van der Waals surface area (Å²) in [6.45, 7) is 7.51. The number of thioether (sulfide) groups is 1. The molecule has 1 aliphatic heterocycles. The number of anilines is 1. The van der Waals surface area contributed by atoms with E-state index < -0.39 is 17.8 Å². The van der Waals surface area contributed by atoms with E-state index in [9.17, 15) is 9.18 Å². The van der Waals surface area contributed by atoms with Crippen molar-refractivity contribution in [2.24, 2.45) is 0 Å². The predicted molar refractivity (Wildman–Crippen MR) is 134 cm³/mol. The van der Waals surface area contributed by atoms with Crippen LogP contribution in [-0.2, 0) is 16.1 Å². The third-order valence-electron chi connectivity index (χ3n) is 5.30. The molecule has 0 spiro atoms. The summed E-state index contributed by atoms with van der Waals surface area (Å²) in [7, 11) is 0. The van der Waals surface area contributed by atoms with Crippen molar-refractivity contribution < 1.29 is 18.7 Å². The summed E-state index contributed by atoms with van der Waals surface area (Å²) in [6.07, 6.45) is 1.52. The smallest absolute Gasteiger partial charge is 0.338 e. The number of nitrogens with one attached hydrogen (secondary N) is 1. The first kappa shape index (κ1) is 24.8. The molecule has 1 aliphatic rings. The molecule has 3 aromatic rings. The Kier molecular flexibility index (Phi) is 7.77. The molecule has 2 aromatic carbocycles. The number of benzene rings is 2. The van der Waals surface area contributed by atoms with E-state index in [4.69, 9.17) is 21.1 Å². The van der Waals surface area contributed by atoms with Gasteiger partial charge in [0.25, 0.3) is 0 Å². The molecule has 0 amide bonds. The van der Waals surface area contributed by atoms with Crippen molar-refractivity contribution in [1.82, 2.24) is 14.8 Å². The fraction of sp³-hybridized carbons (Fsp3) is 0.240. The van der Waals surface area contributed by atoms with E-state index in [1.807, 2.05) is 19.1 Å². The predicted octanol–water partition coefficient (Wildman–Crippen LogP) is 5.78. The zero-order valence-electron chi connectivity index (χ0n) is 19.3. The summed E-state index contributed by atoms with van der Waals surface area (Å²) in [5.74, 6) is 0.983. The van der Waals surface area contributed by atoms with Gasteiger partial charge in [0.1, 0.15) is 30.8 Å². The van der Waals surface area contributed by atoms with Gasteiger partial charge >= 0.3 is 5.97 Å². The van der Waals surface area contributed by atoms with E-state index in [1.54, 1.807) is 35.9 Å². The van der Waals surface area contributed by atoms with Crippen molar-refractivity contribution in [1.29, 1.82) is 0 Å². The van der Waals surface area contributed by atoms with Crippen molar-refractivity contribution in [2.45, 2.75) is 31.7 Å². The average molecular weight is 515 g/mol. The number of hydrogen-bond donors (Lipinski definition) is 1. The standard InChI is InChI=1S/C25H24ClFN4O3S/c1-4-13-33-23(32)21-15(3)28-24-29-25(35-5-2)30-31(24)22(21)16-9-11-17(12-10-16)34-14-18-19(26)7-6-8-20(18)27/h4,6-12,22H,1,5,13-14H2,2-3H3,(H,28,29,30). The van der Waals surface area contributed by atoms with Gasteiger partial charge in [-0.25, -0.2) is 13.9 Å². The largest absolute Gasteiger partial charge is 0.489 e. The molecule has 0 saturated heterocycles. The summed E-state index contributed by atoms with van der Waals surface area (Å²) in [5, 5.41) is 8.69. The van der Waals surface area contributed by atoms with Crippen LogP contribution in [0.25, 0.3) is 0 Å². The van der Waals surface area contributed by atoms with Gasteiger partial charge in [0.15, 0.2) is 0 Å². The van der Waals surface area contributed by atoms with Gasteiger partial charge in [-0.2, -0.15) is 4.98 Å². The van der Waals surface area contributed by atoms with Crippen LogP contribution in [-0.4, -0.2) is 33.1 Å². The zero-order chi connectivity index (χ0) is 24.9. The highest BCUT2D eigenvalue weighted by molar-refractivity contribution is 7.99. The third kappa shape index (κ3) is 5.36. The lowest BCUT2D eigenvalue weighted by Gasteiger charge is -2.28.